The predicted octanol–water partition coefficient (Wildman–Crippen LogP) is 7.30. The summed E-state index contributed by atoms with van der Waals surface area (Å²) in [5.74, 6) is 2.27. The van der Waals surface area contributed by atoms with E-state index >= 15 is 0 Å². The van der Waals surface area contributed by atoms with Gasteiger partial charge in [-0.05, 0) is 153 Å². The molecule has 2 saturated heterocycles. The summed E-state index contributed by atoms with van der Waals surface area (Å²) < 4.78 is 4.37. The highest BCUT2D eigenvalue weighted by Crippen LogP contribution is 2.37. The molecule has 8 heterocycles. The number of pyridine rings is 4. The van der Waals surface area contributed by atoms with Gasteiger partial charge in [0.25, 0.3) is 0 Å². The summed E-state index contributed by atoms with van der Waals surface area (Å²) in [5, 5.41) is 21.0. The highest BCUT2D eigenvalue weighted by molar-refractivity contribution is 5.57. The first kappa shape index (κ1) is 48.1. The molecule has 0 amide bonds. The Kier molecular flexibility index (Phi) is 15.4. The first-order valence-corrected chi connectivity index (χ1v) is 25.6. The van der Waals surface area contributed by atoms with Crippen LogP contribution in [0.5, 0.6) is 0 Å². The number of fused-ring (bicyclic) bond motifs is 4. The lowest BCUT2D eigenvalue weighted by atomic mass is 9.90. The van der Waals surface area contributed by atoms with Crippen LogP contribution in [0, 0.1) is 0 Å². The quantitative estimate of drug-likeness (QED) is 0.101. The van der Waals surface area contributed by atoms with Crippen molar-refractivity contribution in [2.24, 2.45) is 0 Å². The highest BCUT2D eigenvalue weighted by Gasteiger charge is 2.32. The number of aryl methyl sites for hydroxylation is 2. The zero-order chi connectivity index (χ0) is 47.3. The number of anilines is 2. The molecule has 10 rings (SSSR count). The van der Waals surface area contributed by atoms with Gasteiger partial charge in [0.05, 0.1) is 59.5 Å². The number of hydrogen-bond acceptors (Lipinski definition) is 12. The van der Waals surface area contributed by atoms with E-state index in [1.165, 1.54) is 35.4 Å². The Hall–Kier alpha value is -4.96. The van der Waals surface area contributed by atoms with Gasteiger partial charge in [0.2, 0.25) is 0 Å². The molecule has 2 N–H and O–H groups in total. The molecule has 2 fully saturated rings. The molecule has 0 radical (unpaired) electrons. The third kappa shape index (κ3) is 9.91. The Morgan fingerprint density at radius 3 is 1.40 bits per heavy atom. The number of imidazole rings is 2. The largest absolute Gasteiger partial charge is 0.390 e. The zero-order valence-corrected chi connectivity index (χ0v) is 41.6. The molecule has 6 aromatic heterocycles. The van der Waals surface area contributed by atoms with Crippen molar-refractivity contribution in [1.29, 1.82) is 0 Å². The number of hydrogen-bond donors (Lipinski definition) is 2. The summed E-state index contributed by atoms with van der Waals surface area (Å²) in [6.07, 6.45) is 15.1. The van der Waals surface area contributed by atoms with E-state index in [0.29, 0.717) is 24.2 Å². The number of aliphatic hydroxyl groups excluding tert-OH is 2. The third-order valence-corrected chi connectivity index (χ3v) is 15.3. The Bertz CT molecular complexity index is 2430. The Morgan fingerprint density at radius 2 is 1.01 bits per heavy atom. The van der Waals surface area contributed by atoms with Gasteiger partial charge in [-0.15, -0.1) is 0 Å². The fraction of sp³-hybridized carbons (Fsp3) is 0.556. The van der Waals surface area contributed by atoms with Crippen LogP contribution in [0.3, 0.4) is 0 Å². The number of likely N-dealkylation sites (N-methyl/N-ethyl adjacent to an activating group) is 2. The fourth-order valence-electron chi connectivity index (χ4n) is 11.7. The molecule has 0 aromatic carbocycles. The van der Waals surface area contributed by atoms with E-state index in [1.807, 2.05) is 12.4 Å². The third-order valence-electron chi connectivity index (χ3n) is 15.3. The molecule has 14 nitrogen and oxygen atoms in total. The smallest absolute Gasteiger partial charge is 0.138 e. The summed E-state index contributed by atoms with van der Waals surface area (Å²) in [5.41, 5.74) is 10.8. The van der Waals surface area contributed by atoms with Crippen molar-refractivity contribution >= 4 is 22.9 Å². The van der Waals surface area contributed by atoms with Crippen molar-refractivity contribution in [2.45, 2.75) is 129 Å². The van der Waals surface area contributed by atoms with Crippen LogP contribution < -0.4 is 9.80 Å². The predicted molar refractivity (Wildman–Crippen MR) is 272 cm³/mol. The van der Waals surface area contributed by atoms with Gasteiger partial charge in [0.15, 0.2) is 0 Å². The second-order valence-corrected chi connectivity index (χ2v) is 20.0. The minimum absolute atomic E-state index is 0.0159. The normalized spacial score (nSPS) is 20.6. The minimum Gasteiger partial charge on any atom is -0.390 e. The van der Waals surface area contributed by atoms with Crippen molar-refractivity contribution < 1.29 is 10.2 Å². The molecule has 0 spiro atoms. The first-order valence-electron chi connectivity index (χ1n) is 25.6. The van der Waals surface area contributed by atoms with Crippen LogP contribution in [0.4, 0.5) is 11.6 Å². The standard InChI is InChI=1S/2C27H38N6O/c2*1-4-15-31(23-10-5-8-20-9-7-14-28-27(20)23)18-22-24(19-34)33-25(29-22)11-6-12-26(33)32-16-13-21(17-32)30(2)3/h2*6-7,9,11-12,14,21,23,34H,4-5,8,10,13,15-19H2,1-3H3/t2*21-,23+/m11/s1. The molecule has 14 heteroatoms. The van der Waals surface area contributed by atoms with Crippen molar-refractivity contribution in [3.05, 3.63) is 118 Å². The molecule has 0 unspecified atom stereocenters. The van der Waals surface area contributed by atoms with E-state index < -0.39 is 0 Å². The second-order valence-electron chi connectivity index (χ2n) is 20.0. The maximum absolute atomic E-state index is 10.5. The summed E-state index contributed by atoms with van der Waals surface area (Å²) in [4.78, 5) is 34.2. The average molecular weight is 925 g/mol. The van der Waals surface area contributed by atoms with Gasteiger partial charge in [-0.2, -0.15) is 0 Å². The van der Waals surface area contributed by atoms with Gasteiger partial charge in [0.1, 0.15) is 22.9 Å². The average Bonchev–Trinajstić information content (AvgIpc) is 4.19. The summed E-state index contributed by atoms with van der Waals surface area (Å²) in [6.45, 7) is 11.9. The molecule has 0 bridgehead atoms. The van der Waals surface area contributed by atoms with Crippen molar-refractivity contribution in [2.75, 3.05) is 77.3 Å². The molecular weight excluding hydrogens is 849 g/mol. The van der Waals surface area contributed by atoms with E-state index in [4.69, 9.17) is 19.9 Å². The van der Waals surface area contributed by atoms with Crippen molar-refractivity contribution in [3.8, 4) is 0 Å². The fourth-order valence-corrected chi connectivity index (χ4v) is 11.7. The van der Waals surface area contributed by atoms with Crippen LogP contribution in [-0.4, -0.2) is 138 Å². The SMILES string of the molecule is CCCN(Cc1nc2cccc(N3CC[C@@H](N(C)C)C3)n2c1CO)[C@H]1CCCc2cccnc21.CCCN(Cc1nc2cccc(N3CC[C@@H](N(C)C)C3)n2c1CO)[C@H]1CCCc2cccnc21. The van der Waals surface area contributed by atoms with Gasteiger partial charge in [-0.3, -0.25) is 28.6 Å². The van der Waals surface area contributed by atoms with Gasteiger partial charge < -0.3 is 29.8 Å². The van der Waals surface area contributed by atoms with Crippen LogP contribution in [-0.2, 0) is 39.1 Å². The lowest BCUT2D eigenvalue weighted by molar-refractivity contribution is 0.162. The number of aliphatic hydroxyl groups is 2. The maximum Gasteiger partial charge on any atom is 0.138 e. The number of rotatable bonds is 16. The maximum atomic E-state index is 10.5. The molecule has 68 heavy (non-hydrogen) atoms. The van der Waals surface area contributed by atoms with Gasteiger partial charge >= 0.3 is 0 Å². The number of nitrogens with zero attached hydrogens (tertiary/aromatic N) is 12. The molecule has 0 saturated carbocycles. The van der Waals surface area contributed by atoms with Crippen LogP contribution in [0.15, 0.2) is 73.1 Å². The van der Waals surface area contributed by atoms with Crippen LogP contribution in [0.1, 0.15) is 123 Å². The Labute approximate surface area is 404 Å². The van der Waals surface area contributed by atoms with E-state index in [0.717, 1.165) is 149 Å². The zero-order valence-electron chi connectivity index (χ0n) is 41.6. The van der Waals surface area contributed by atoms with Crippen molar-refractivity contribution in [1.82, 2.24) is 48.3 Å². The van der Waals surface area contributed by atoms with Gasteiger partial charge in [-0.1, -0.05) is 38.1 Å². The molecule has 2 aliphatic carbocycles. The summed E-state index contributed by atoms with van der Waals surface area (Å²) in [7, 11) is 8.63. The van der Waals surface area contributed by atoms with Crippen molar-refractivity contribution in [3.63, 3.8) is 0 Å². The number of aromatic nitrogens is 6. The van der Waals surface area contributed by atoms with Gasteiger partial charge in [0, 0.05) is 63.7 Å². The Balaban J connectivity index is 0.000000170. The highest BCUT2D eigenvalue weighted by atomic mass is 16.3. The van der Waals surface area contributed by atoms with Gasteiger partial charge in [-0.25, -0.2) is 9.97 Å². The minimum atomic E-state index is -0.0159. The molecule has 364 valence electrons. The lowest BCUT2D eigenvalue weighted by Crippen LogP contribution is -2.33. The monoisotopic (exact) mass is 925 g/mol. The molecular formula is C54H76N12O2. The summed E-state index contributed by atoms with van der Waals surface area (Å²) >= 11 is 0. The molecule has 2 aliphatic heterocycles. The van der Waals surface area contributed by atoms with E-state index in [-0.39, 0.29) is 13.2 Å². The van der Waals surface area contributed by atoms with E-state index in [9.17, 15) is 10.2 Å². The Morgan fingerprint density at radius 1 is 0.574 bits per heavy atom. The van der Waals surface area contributed by atoms with Crippen LogP contribution in [0.25, 0.3) is 11.3 Å². The first-order chi connectivity index (χ1) is 33.2. The van der Waals surface area contributed by atoms with Crippen LogP contribution >= 0.6 is 0 Å². The molecule has 4 atom stereocenters. The van der Waals surface area contributed by atoms with E-state index in [2.05, 4.69) is 141 Å². The molecule has 4 aliphatic rings. The molecule has 6 aromatic rings. The van der Waals surface area contributed by atoms with Crippen LogP contribution in [0.2, 0.25) is 0 Å². The second kappa shape index (κ2) is 21.8. The summed E-state index contributed by atoms with van der Waals surface area (Å²) in [6, 6.07) is 22.9. The topological polar surface area (TPSA) is 120 Å². The van der Waals surface area contributed by atoms with E-state index in [1.54, 1.807) is 0 Å². The lowest BCUT2D eigenvalue weighted by Gasteiger charge is -2.34.